The van der Waals surface area contributed by atoms with Gasteiger partial charge in [0.1, 0.15) is 16.8 Å². The van der Waals surface area contributed by atoms with E-state index in [4.69, 9.17) is 4.74 Å². The molecule has 0 amide bonds. The maximum absolute atomic E-state index is 9.52. The van der Waals surface area contributed by atoms with Crippen molar-refractivity contribution in [3.05, 3.63) is 70.0 Å². The standard InChI is InChI=1S/C21H18N2OS/c1-3-24-19-10-6-16(7-11-19)12-18(13-22)21-23-20(14-25-21)17-8-4-15(2)5-9-17/h4-12,14H,3H2,1-2H3/b18-12+. The lowest BCUT2D eigenvalue weighted by Crippen LogP contribution is -1.90. The number of nitriles is 1. The van der Waals surface area contributed by atoms with Crippen molar-refractivity contribution < 1.29 is 4.74 Å². The zero-order valence-electron chi connectivity index (χ0n) is 14.2. The van der Waals surface area contributed by atoms with Crippen LogP contribution in [0.5, 0.6) is 5.75 Å². The number of ether oxygens (including phenoxy) is 1. The minimum Gasteiger partial charge on any atom is -0.494 e. The van der Waals surface area contributed by atoms with Crippen LogP contribution in [0.25, 0.3) is 22.9 Å². The van der Waals surface area contributed by atoms with Gasteiger partial charge in [0.05, 0.1) is 17.9 Å². The second-order valence-electron chi connectivity index (χ2n) is 5.58. The molecule has 2 aromatic carbocycles. The summed E-state index contributed by atoms with van der Waals surface area (Å²) in [6, 6.07) is 18.2. The Labute approximate surface area is 151 Å². The van der Waals surface area contributed by atoms with Gasteiger partial charge in [-0.05, 0) is 37.6 Å². The summed E-state index contributed by atoms with van der Waals surface area (Å²) in [5.74, 6) is 0.828. The predicted molar refractivity (Wildman–Crippen MR) is 103 cm³/mol. The molecule has 124 valence electrons. The van der Waals surface area contributed by atoms with Crippen LogP contribution in [-0.2, 0) is 0 Å². The van der Waals surface area contributed by atoms with Crippen LogP contribution in [0, 0.1) is 18.3 Å². The molecule has 0 saturated carbocycles. The molecule has 0 aliphatic rings. The molecule has 3 aromatic rings. The molecule has 0 spiro atoms. The first-order valence-electron chi connectivity index (χ1n) is 8.07. The quantitative estimate of drug-likeness (QED) is 0.566. The number of hydrogen-bond acceptors (Lipinski definition) is 4. The number of hydrogen-bond donors (Lipinski definition) is 0. The van der Waals surface area contributed by atoms with Crippen molar-refractivity contribution in [1.82, 2.24) is 4.98 Å². The van der Waals surface area contributed by atoms with Crippen molar-refractivity contribution in [2.24, 2.45) is 0 Å². The molecular formula is C21H18N2OS. The summed E-state index contributed by atoms with van der Waals surface area (Å²) in [6.45, 7) is 4.65. The Balaban J connectivity index is 1.86. The maximum Gasteiger partial charge on any atom is 0.134 e. The van der Waals surface area contributed by atoms with Crippen LogP contribution < -0.4 is 4.74 Å². The van der Waals surface area contributed by atoms with Crippen molar-refractivity contribution in [2.75, 3.05) is 6.61 Å². The molecule has 3 rings (SSSR count). The largest absolute Gasteiger partial charge is 0.494 e. The molecule has 0 saturated heterocycles. The van der Waals surface area contributed by atoms with Gasteiger partial charge in [-0.25, -0.2) is 4.98 Å². The van der Waals surface area contributed by atoms with Gasteiger partial charge in [0.2, 0.25) is 0 Å². The van der Waals surface area contributed by atoms with Gasteiger partial charge in [-0.1, -0.05) is 42.0 Å². The predicted octanol–water partition coefficient (Wildman–Crippen LogP) is 5.58. The van der Waals surface area contributed by atoms with Crippen LogP contribution in [0.15, 0.2) is 53.9 Å². The Bertz CT molecular complexity index is 916. The van der Waals surface area contributed by atoms with Crippen LogP contribution in [0.1, 0.15) is 23.1 Å². The Morgan fingerprint density at radius 3 is 2.52 bits per heavy atom. The third-order valence-corrected chi connectivity index (χ3v) is 4.58. The van der Waals surface area contributed by atoms with Crippen molar-refractivity contribution in [2.45, 2.75) is 13.8 Å². The lowest BCUT2D eigenvalue weighted by atomic mass is 10.1. The van der Waals surface area contributed by atoms with Gasteiger partial charge < -0.3 is 4.74 Å². The fourth-order valence-corrected chi connectivity index (χ4v) is 3.18. The first kappa shape index (κ1) is 16.9. The highest BCUT2D eigenvalue weighted by Crippen LogP contribution is 2.27. The number of thiazole rings is 1. The fraction of sp³-hybridized carbons (Fsp3) is 0.143. The molecule has 0 fully saturated rings. The Morgan fingerprint density at radius 2 is 1.88 bits per heavy atom. The molecule has 0 atom stereocenters. The lowest BCUT2D eigenvalue weighted by molar-refractivity contribution is 0.340. The molecule has 4 heteroatoms. The van der Waals surface area contributed by atoms with Gasteiger partial charge in [0.25, 0.3) is 0 Å². The number of aryl methyl sites for hydroxylation is 1. The first-order chi connectivity index (χ1) is 12.2. The summed E-state index contributed by atoms with van der Waals surface area (Å²) in [7, 11) is 0. The third kappa shape index (κ3) is 4.14. The Kier molecular flexibility index (Phi) is 5.27. The zero-order valence-corrected chi connectivity index (χ0v) is 15.0. The van der Waals surface area contributed by atoms with E-state index >= 15 is 0 Å². The maximum atomic E-state index is 9.52. The van der Waals surface area contributed by atoms with E-state index in [1.807, 2.05) is 42.6 Å². The molecule has 25 heavy (non-hydrogen) atoms. The average Bonchev–Trinajstić information content (AvgIpc) is 3.12. The second kappa shape index (κ2) is 7.78. The topological polar surface area (TPSA) is 45.9 Å². The molecule has 1 aromatic heterocycles. The van der Waals surface area contributed by atoms with Gasteiger partial charge in [0, 0.05) is 10.9 Å². The van der Waals surface area contributed by atoms with E-state index in [9.17, 15) is 5.26 Å². The van der Waals surface area contributed by atoms with Gasteiger partial charge in [0.15, 0.2) is 0 Å². The minimum absolute atomic E-state index is 0.563. The summed E-state index contributed by atoms with van der Waals surface area (Å²) in [6.07, 6.45) is 1.85. The number of rotatable bonds is 5. The highest BCUT2D eigenvalue weighted by molar-refractivity contribution is 7.11. The van der Waals surface area contributed by atoms with Gasteiger partial charge in [-0.2, -0.15) is 5.26 Å². The molecule has 0 aliphatic heterocycles. The van der Waals surface area contributed by atoms with Crippen molar-refractivity contribution in [3.8, 4) is 23.1 Å². The van der Waals surface area contributed by atoms with Crippen molar-refractivity contribution in [3.63, 3.8) is 0 Å². The molecule has 1 heterocycles. The van der Waals surface area contributed by atoms with E-state index in [0.29, 0.717) is 12.2 Å². The smallest absolute Gasteiger partial charge is 0.134 e. The molecule has 3 nitrogen and oxygen atoms in total. The zero-order chi connectivity index (χ0) is 17.6. The van der Waals surface area contributed by atoms with Crippen LogP contribution in [0.3, 0.4) is 0 Å². The highest BCUT2D eigenvalue weighted by atomic mass is 32.1. The summed E-state index contributed by atoms with van der Waals surface area (Å²) in [5, 5.41) is 12.2. The molecule has 0 aliphatic carbocycles. The van der Waals surface area contributed by atoms with Gasteiger partial charge in [-0.3, -0.25) is 0 Å². The van der Waals surface area contributed by atoms with Crippen molar-refractivity contribution in [1.29, 1.82) is 5.26 Å². The SMILES string of the molecule is CCOc1ccc(/C=C(\C#N)c2nc(-c3ccc(C)cc3)cs2)cc1. The monoisotopic (exact) mass is 346 g/mol. The molecule has 0 N–H and O–H groups in total. The number of nitrogens with zero attached hydrogens (tertiary/aromatic N) is 2. The van der Waals surface area contributed by atoms with E-state index in [1.165, 1.54) is 16.9 Å². The fourth-order valence-electron chi connectivity index (χ4n) is 2.39. The average molecular weight is 346 g/mol. The van der Waals surface area contributed by atoms with Crippen molar-refractivity contribution >= 4 is 23.0 Å². The molecule has 0 unspecified atom stereocenters. The Morgan fingerprint density at radius 1 is 1.16 bits per heavy atom. The summed E-state index contributed by atoms with van der Waals surface area (Å²) in [5.41, 5.74) is 4.69. The van der Waals surface area contributed by atoms with Gasteiger partial charge in [-0.15, -0.1) is 11.3 Å². The molecule has 0 bridgehead atoms. The summed E-state index contributed by atoms with van der Waals surface area (Å²) in [4.78, 5) is 4.63. The van der Waals surface area contributed by atoms with E-state index < -0.39 is 0 Å². The highest BCUT2D eigenvalue weighted by Gasteiger charge is 2.09. The van der Waals surface area contributed by atoms with Crippen LogP contribution in [0.4, 0.5) is 0 Å². The van der Waals surface area contributed by atoms with Crippen LogP contribution in [-0.4, -0.2) is 11.6 Å². The van der Waals surface area contributed by atoms with E-state index in [1.54, 1.807) is 0 Å². The molecule has 0 radical (unpaired) electrons. The number of allylic oxidation sites excluding steroid dienone is 1. The first-order valence-corrected chi connectivity index (χ1v) is 8.95. The Hall–Kier alpha value is -2.90. The summed E-state index contributed by atoms with van der Waals surface area (Å²) >= 11 is 1.49. The number of aromatic nitrogens is 1. The van der Waals surface area contributed by atoms with Crippen LogP contribution in [0.2, 0.25) is 0 Å². The van der Waals surface area contributed by atoms with E-state index in [2.05, 4.69) is 42.2 Å². The molecular weight excluding hydrogens is 328 g/mol. The van der Waals surface area contributed by atoms with Gasteiger partial charge >= 0.3 is 0 Å². The second-order valence-corrected chi connectivity index (χ2v) is 6.43. The van der Waals surface area contributed by atoms with Crippen LogP contribution >= 0.6 is 11.3 Å². The minimum atomic E-state index is 0.563. The lowest BCUT2D eigenvalue weighted by Gasteiger charge is -2.02. The van der Waals surface area contributed by atoms with E-state index in [-0.39, 0.29) is 0 Å². The summed E-state index contributed by atoms with van der Waals surface area (Å²) < 4.78 is 5.44. The van der Waals surface area contributed by atoms with E-state index in [0.717, 1.165) is 27.6 Å². The normalized spacial score (nSPS) is 11.2. The number of benzene rings is 2. The third-order valence-electron chi connectivity index (χ3n) is 3.70.